The van der Waals surface area contributed by atoms with Gasteiger partial charge in [0.15, 0.2) is 15.5 Å². The van der Waals surface area contributed by atoms with E-state index in [-0.39, 0.29) is 23.1 Å². The van der Waals surface area contributed by atoms with E-state index in [0.29, 0.717) is 28.6 Å². The van der Waals surface area contributed by atoms with Gasteiger partial charge in [0, 0.05) is 36.7 Å². The van der Waals surface area contributed by atoms with Crippen molar-refractivity contribution in [2.24, 2.45) is 5.92 Å². The second-order valence-corrected chi connectivity index (χ2v) is 13.6. The zero-order chi connectivity index (χ0) is 28.4. The Bertz CT molecular complexity index is 1490. The van der Waals surface area contributed by atoms with E-state index in [2.05, 4.69) is 48.8 Å². The van der Waals surface area contributed by atoms with Crippen LogP contribution in [0.4, 0.5) is 5.69 Å². The fourth-order valence-electron chi connectivity index (χ4n) is 5.54. The molecule has 3 aromatic carbocycles. The highest BCUT2D eigenvalue weighted by Gasteiger charge is 2.39. The molecule has 0 aromatic heterocycles. The van der Waals surface area contributed by atoms with Crippen molar-refractivity contribution in [1.82, 2.24) is 10.2 Å². The van der Waals surface area contributed by atoms with Crippen molar-refractivity contribution in [3.63, 3.8) is 0 Å². The van der Waals surface area contributed by atoms with Gasteiger partial charge in [-0.25, -0.2) is 13.3 Å². The number of nitrogens with one attached hydrogen (secondary N) is 1. The number of carbonyl (C=O) groups excluding carboxylic acids is 1. The Balaban J connectivity index is 1.53. The molecule has 0 unspecified atom stereocenters. The molecule has 0 spiro atoms. The molecule has 1 heterocycles. The van der Waals surface area contributed by atoms with Crippen LogP contribution in [0.3, 0.4) is 0 Å². The molecule has 1 aliphatic heterocycles. The Hall–Kier alpha value is -3.47. The van der Waals surface area contributed by atoms with Crippen molar-refractivity contribution in [3.05, 3.63) is 106 Å². The molecule has 0 radical (unpaired) electrons. The third kappa shape index (κ3) is 6.24. The summed E-state index contributed by atoms with van der Waals surface area (Å²) in [6.07, 6.45) is 0. The molecule has 0 saturated heterocycles. The van der Waals surface area contributed by atoms with Crippen molar-refractivity contribution in [3.8, 4) is 0 Å². The van der Waals surface area contributed by atoms with Gasteiger partial charge in [-0.05, 0) is 52.4 Å². The van der Waals surface area contributed by atoms with Crippen LogP contribution in [0.2, 0.25) is 0 Å². The van der Waals surface area contributed by atoms with Crippen LogP contribution in [0.1, 0.15) is 73.3 Å². The number of sulfone groups is 1. The predicted octanol–water partition coefficient (Wildman–Crippen LogP) is 6.45. The summed E-state index contributed by atoms with van der Waals surface area (Å²) in [7, 11) is -3.25. The molecule has 1 amide bonds. The monoisotopic (exact) mass is 543 g/mol. The molecule has 0 saturated carbocycles. The van der Waals surface area contributed by atoms with Crippen molar-refractivity contribution >= 4 is 21.4 Å². The van der Waals surface area contributed by atoms with Crippen molar-refractivity contribution in [2.75, 3.05) is 12.3 Å². The summed E-state index contributed by atoms with van der Waals surface area (Å²) >= 11 is 0. The van der Waals surface area contributed by atoms with Crippen molar-refractivity contribution < 1.29 is 13.2 Å². The van der Waals surface area contributed by atoms with Crippen LogP contribution >= 0.6 is 0 Å². The van der Waals surface area contributed by atoms with Gasteiger partial charge in [0.2, 0.25) is 0 Å². The molecule has 7 heteroatoms. The minimum atomic E-state index is -3.25. The first-order valence-electron chi connectivity index (χ1n) is 13.4. The van der Waals surface area contributed by atoms with Crippen LogP contribution in [-0.4, -0.2) is 31.5 Å². The summed E-state index contributed by atoms with van der Waals surface area (Å²) in [5.74, 6) is 0.285. The van der Waals surface area contributed by atoms with E-state index in [9.17, 15) is 13.2 Å². The summed E-state index contributed by atoms with van der Waals surface area (Å²) in [4.78, 5) is 19.4. The number of hydrogen-bond donors (Lipinski definition) is 1. The minimum Gasteiger partial charge on any atom is -0.348 e. The van der Waals surface area contributed by atoms with Gasteiger partial charge in [-0.15, -0.1) is 0 Å². The first-order chi connectivity index (χ1) is 18.4. The number of nitrogens with zero attached hydrogens (tertiary/aromatic N) is 2. The highest BCUT2D eigenvalue weighted by Crippen LogP contribution is 2.44. The Morgan fingerprint density at radius 2 is 1.69 bits per heavy atom. The van der Waals surface area contributed by atoms with Gasteiger partial charge in [0.25, 0.3) is 5.91 Å². The number of amides is 1. The fraction of sp³-hybridized carbons (Fsp3) is 0.375. The van der Waals surface area contributed by atoms with E-state index in [4.69, 9.17) is 6.57 Å². The van der Waals surface area contributed by atoms with E-state index in [1.165, 1.54) is 16.7 Å². The summed E-state index contributed by atoms with van der Waals surface area (Å²) in [5.41, 5.74) is 5.59. The number of fused-ring (bicyclic) bond motifs is 1. The summed E-state index contributed by atoms with van der Waals surface area (Å²) in [6, 6.07) is 20.8. The molecule has 6 nitrogen and oxygen atoms in total. The normalized spacial score (nSPS) is 16.9. The van der Waals surface area contributed by atoms with E-state index < -0.39 is 9.84 Å². The van der Waals surface area contributed by atoms with Crippen LogP contribution in [0.5, 0.6) is 0 Å². The van der Waals surface area contributed by atoms with Gasteiger partial charge in [-0.1, -0.05) is 77.1 Å². The van der Waals surface area contributed by atoms with Crippen molar-refractivity contribution in [1.29, 1.82) is 0 Å². The summed E-state index contributed by atoms with van der Waals surface area (Å²) in [6.45, 7) is 19.7. The van der Waals surface area contributed by atoms with Gasteiger partial charge >= 0.3 is 0 Å². The molecule has 204 valence electrons. The van der Waals surface area contributed by atoms with E-state index in [1.54, 1.807) is 31.2 Å². The lowest BCUT2D eigenvalue weighted by atomic mass is 9.73. The number of carbonyl (C=O) groups is 1. The molecule has 39 heavy (non-hydrogen) atoms. The molecule has 0 aliphatic carbocycles. The second-order valence-electron chi connectivity index (χ2n) is 11.3. The standard InChI is InChI=1S/C32H37N3O3S/c1-7-39(37,38)27-15-10-23(11-16-27)19-34-31(36)25-12-17-28-29(18-25)32(4,5)21-35(30(28)22(2)3)20-24-8-13-26(33-6)14-9-24/h8-18,22,30H,7,19-21H2,1-5H3,(H,34,36)/t30-/m1/s1. The zero-order valence-corrected chi connectivity index (χ0v) is 24.2. The fourth-order valence-corrected chi connectivity index (χ4v) is 6.42. The zero-order valence-electron chi connectivity index (χ0n) is 23.4. The van der Waals surface area contributed by atoms with Crippen LogP contribution in [0.15, 0.2) is 71.6 Å². The van der Waals surface area contributed by atoms with Crippen LogP contribution in [0.25, 0.3) is 4.85 Å². The lowest BCUT2D eigenvalue weighted by Gasteiger charge is -2.47. The molecular weight excluding hydrogens is 506 g/mol. The Labute approximate surface area is 232 Å². The van der Waals surface area contributed by atoms with Gasteiger partial charge < -0.3 is 5.32 Å². The maximum absolute atomic E-state index is 13.1. The molecule has 0 bridgehead atoms. The predicted molar refractivity (Wildman–Crippen MR) is 155 cm³/mol. The van der Waals surface area contributed by atoms with Gasteiger partial charge in [0.05, 0.1) is 17.2 Å². The summed E-state index contributed by atoms with van der Waals surface area (Å²) < 4.78 is 24.1. The first kappa shape index (κ1) is 28.5. The third-order valence-corrected chi connectivity index (χ3v) is 9.30. The third-order valence-electron chi connectivity index (χ3n) is 7.55. The molecular formula is C32H37N3O3S. The van der Waals surface area contributed by atoms with Gasteiger partial charge in [0.1, 0.15) is 0 Å². The lowest BCUT2D eigenvalue weighted by Crippen LogP contribution is -2.46. The second kappa shape index (κ2) is 11.3. The van der Waals surface area contributed by atoms with Crippen LogP contribution < -0.4 is 5.32 Å². The molecule has 0 fully saturated rings. The molecule has 1 atom stereocenters. The highest BCUT2D eigenvalue weighted by molar-refractivity contribution is 7.91. The lowest BCUT2D eigenvalue weighted by molar-refractivity contribution is 0.0944. The van der Waals surface area contributed by atoms with Crippen LogP contribution in [-0.2, 0) is 28.3 Å². The number of hydrogen-bond acceptors (Lipinski definition) is 4. The summed E-state index contributed by atoms with van der Waals surface area (Å²) in [5, 5.41) is 2.99. The molecule has 4 rings (SSSR count). The topological polar surface area (TPSA) is 70.8 Å². The van der Waals surface area contributed by atoms with E-state index >= 15 is 0 Å². The number of benzene rings is 3. The Morgan fingerprint density at radius 1 is 1.05 bits per heavy atom. The van der Waals surface area contributed by atoms with Gasteiger partial charge in [-0.2, -0.15) is 0 Å². The average Bonchev–Trinajstić information content (AvgIpc) is 2.91. The molecule has 1 aliphatic rings. The van der Waals surface area contributed by atoms with Gasteiger partial charge in [-0.3, -0.25) is 9.69 Å². The quantitative estimate of drug-likeness (QED) is 0.332. The SMILES string of the molecule is [C-]#[N+]c1ccc(CN2CC(C)(C)c3cc(C(=O)NCc4ccc(S(=O)(=O)CC)cc4)ccc3[C@H]2C(C)C)cc1. The van der Waals surface area contributed by atoms with Crippen molar-refractivity contribution in [2.45, 2.75) is 64.1 Å². The highest BCUT2D eigenvalue weighted by atomic mass is 32.2. The Kier molecular flexibility index (Phi) is 8.29. The number of rotatable bonds is 8. The minimum absolute atomic E-state index is 0.0591. The molecule has 3 aromatic rings. The Morgan fingerprint density at radius 3 is 2.28 bits per heavy atom. The maximum Gasteiger partial charge on any atom is 0.251 e. The largest absolute Gasteiger partial charge is 0.348 e. The van der Waals surface area contributed by atoms with E-state index in [1.807, 2.05) is 36.4 Å². The smallest absolute Gasteiger partial charge is 0.251 e. The molecule has 1 N–H and O–H groups in total. The first-order valence-corrected chi connectivity index (χ1v) is 15.0. The average molecular weight is 544 g/mol. The van der Waals surface area contributed by atoms with E-state index in [0.717, 1.165) is 18.7 Å². The maximum atomic E-state index is 13.1. The van der Waals surface area contributed by atoms with Crippen LogP contribution in [0, 0.1) is 12.5 Å².